The highest BCUT2D eigenvalue weighted by atomic mass is 16.6. The third-order valence-electron chi connectivity index (χ3n) is 4.14. The number of aliphatic hydroxyl groups is 3. The van der Waals surface area contributed by atoms with Gasteiger partial charge in [0, 0.05) is 0 Å². The van der Waals surface area contributed by atoms with E-state index in [4.69, 9.17) is 10.5 Å². The van der Waals surface area contributed by atoms with Gasteiger partial charge < -0.3 is 25.8 Å². The smallest absolute Gasteiger partial charge is 0.280 e. The molecule has 2 aromatic heterocycles. The van der Waals surface area contributed by atoms with Crippen LogP contribution in [0, 0.1) is 0 Å². The molecule has 1 saturated heterocycles. The second-order valence-corrected chi connectivity index (χ2v) is 5.61. The SMILES string of the molecule is CCC[C@@]1(n2cnc3c(=O)[nH]c(N)nc32)O[C@H](CO)[C@@H](O)[C@H]1O. The average molecular weight is 325 g/mol. The number of rotatable bonds is 4. The number of nitrogens with two attached hydrogens (primary N) is 1. The lowest BCUT2D eigenvalue weighted by atomic mass is 9.98. The Hall–Kier alpha value is -2.01. The molecule has 3 rings (SSSR count). The Bertz CT molecular complexity index is 774. The standard InChI is InChI=1S/C13H19N5O5/c1-2-3-13(9(21)8(20)6(4-19)23-13)18-5-15-7-10(18)16-12(14)17-11(7)22/h5-6,8-9,19-21H,2-4H2,1H3,(H3,14,16,17,22)/t6-,8-,9-,13-/m1/s1. The molecule has 4 atom stereocenters. The van der Waals surface area contributed by atoms with Crippen LogP contribution >= 0.6 is 0 Å². The molecule has 0 bridgehead atoms. The van der Waals surface area contributed by atoms with E-state index in [1.165, 1.54) is 10.9 Å². The van der Waals surface area contributed by atoms with Crippen LogP contribution in [0.2, 0.25) is 0 Å². The van der Waals surface area contributed by atoms with E-state index in [0.717, 1.165) is 0 Å². The summed E-state index contributed by atoms with van der Waals surface area (Å²) in [6.45, 7) is 1.43. The van der Waals surface area contributed by atoms with Crippen LogP contribution in [0.5, 0.6) is 0 Å². The number of fused-ring (bicyclic) bond motifs is 1. The molecule has 1 aliphatic rings. The number of aromatic nitrogens is 4. The van der Waals surface area contributed by atoms with E-state index in [0.29, 0.717) is 12.8 Å². The molecular formula is C13H19N5O5. The molecule has 1 aliphatic heterocycles. The number of aliphatic hydroxyl groups excluding tert-OH is 3. The molecule has 0 saturated carbocycles. The van der Waals surface area contributed by atoms with Crippen molar-refractivity contribution < 1.29 is 20.1 Å². The van der Waals surface area contributed by atoms with Crippen molar-refractivity contribution in [1.82, 2.24) is 19.5 Å². The lowest BCUT2D eigenvalue weighted by Gasteiger charge is -2.33. The van der Waals surface area contributed by atoms with Gasteiger partial charge in [0.05, 0.1) is 12.9 Å². The highest BCUT2D eigenvalue weighted by Gasteiger charge is 2.55. The number of H-pyrrole nitrogens is 1. The minimum Gasteiger partial charge on any atom is -0.394 e. The van der Waals surface area contributed by atoms with E-state index in [2.05, 4.69) is 15.0 Å². The van der Waals surface area contributed by atoms with Crippen LogP contribution in [0.4, 0.5) is 5.95 Å². The lowest BCUT2D eigenvalue weighted by molar-refractivity contribution is -0.150. The quantitative estimate of drug-likeness (QED) is 0.443. The molecule has 0 amide bonds. The molecule has 1 fully saturated rings. The molecule has 0 radical (unpaired) electrons. The molecule has 23 heavy (non-hydrogen) atoms. The number of anilines is 1. The first-order valence-electron chi connectivity index (χ1n) is 7.32. The Morgan fingerprint density at radius 2 is 2.26 bits per heavy atom. The van der Waals surface area contributed by atoms with Gasteiger partial charge in [-0.1, -0.05) is 13.3 Å². The number of nitrogens with one attached hydrogen (secondary N) is 1. The van der Waals surface area contributed by atoms with Crippen LogP contribution in [0.25, 0.3) is 11.2 Å². The summed E-state index contributed by atoms with van der Waals surface area (Å²) in [5.74, 6) is -0.0948. The van der Waals surface area contributed by atoms with E-state index in [-0.39, 0.29) is 17.1 Å². The van der Waals surface area contributed by atoms with Crippen LogP contribution in [0.1, 0.15) is 19.8 Å². The maximum absolute atomic E-state index is 11.9. The fourth-order valence-electron chi connectivity index (χ4n) is 3.11. The van der Waals surface area contributed by atoms with Crippen LogP contribution in [-0.4, -0.2) is 59.8 Å². The second-order valence-electron chi connectivity index (χ2n) is 5.61. The summed E-state index contributed by atoms with van der Waals surface area (Å²) in [7, 11) is 0. The molecule has 0 spiro atoms. The first kappa shape index (κ1) is 15.9. The minimum absolute atomic E-state index is 0.0485. The summed E-state index contributed by atoms with van der Waals surface area (Å²) in [6, 6.07) is 0. The van der Waals surface area contributed by atoms with Gasteiger partial charge in [0.25, 0.3) is 5.56 Å². The number of hydrogen-bond acceptors (Lipinski definition) is 8. The monoisotopic (exact) mass is 325 g/mol. The zero-order chi connectivity index (χ0) is 16.8. The first-order valence-corrected chi connectivity index (χ1v) is 7.32. The highest BCUT2D eigenvalue weighted by molar-refractivity contribution is 5.70. The predicted molar refractivity (Wildman–Crippen MR) is 79.4 cm³/mol. The summed E-state index contributed by atoms with van der Waals surface area (Å²) in [5.41, 5.74) is 3.88. The maximum Gasteiger partial charge on any atom is 0.280 e. The molecule has 3 heterocycles. The van der Waals surface area contributed by atoms with E-state index < -0.39 is 36.2 Å². The Morgan fingerprint density at radius 3 is 2.87 bits per heavy atom. The van der Waals surface area contributed by atoms with Gasteiger partial charge in [-0.05, 0) is 6.42 Å². The lowest BCUT2D eigenvalue weighted by Crippen LogP contribution is -2.45. The van der Waals surface area contributed by atoms with Crippen LogP contribution in [-0.2, 0) is 10.5 Å². The van der Waals surface area contributed by atoms with Gasteiger partial charge in [0.1, 0.15) is 18.3 Å². The normalized spacial score (nSPS) is 31.0. The predicted octanol–water partition coefficient (Wildman–Crippen LogP) is -1.73. The molecular weight excluding hydrogens is 306 g/mol. The van der Waals surface area contributed by atoms with Crippen molar-refractivity contribution in [3.8, 4) is 0 Å². The van der Waals surface area contributed by atoms with Crippen molar-refractivity contribution in [2.45, 2.75) is 43.8 Å². The molecule has 0 aromatic carbocycles. The number of nitrogen functional groups attached to an aromatic ring is 1. The van der Waals surface area contributed by atoms with Gasteiger partial charge >= 0.3 is 0 Å². The Kier molecular flexibility index (Phi) is 3.84. The zero-order valence-electron chi connectivity index (χ0n) is 12.5. The van der Waals surface area contributed by atoms with Crippen LogP contribution in [0.15, 0.2) is 11.1 Å². The van der Waals surface area contributed by atoms with Gasteiger partial charge in [-0.2, -0.15) is 4.98 Å². The van der Waals surface area contributed by atoms with Gasteiger partial charge in [0.15, 0.2) is 16.9 Å². The molecule has 2 aromatic rings. The van der Waals surface area contributed by atoms with Crippen molar-refractivity contribution in [1.29, 1.82) is 0 Å². The minimum atomic E-state index is -1.39. The van der Waals surface area contributed by atoms with E-state index in [9.17, 15) is 20.1 Å². The van der Waals surface area contributed by atoms with E-state index in [1.807, 2.05) is 6.92 Å². The fraction of sp³-hybridized carbons (Fsp3) is 0.615. The molecule has 10 heteroatoms. The maximum atomic E-state index is 11.9. The topological polar surface area (TPSA) is 160 Å². The van der Waals surface area contributed by atoms with Crippen molar-refractivity contribution >= 4 is 17.1 Å². The number of nitrogens with zero attached hydrogens (tertiary/aromatic N) is 3. The van der Waals surface area contributed by atoms with Crippen molar-refractivity contribution in [3.63, 3.8) is 0 Å². The average Bonchev–Trinajstić information content (AvgIpc) is 3.03. The Morgan fingerprint density at radius 1 is 1.52 bits per heavy atom. The third-order valence-corrected chi connectivity index (χ3v) is 4.14. The van der Waals surface area contributed by atoms with Gasteiger partial charge in [-0.25, -0.2) is 4.98 Å². The number of hydrogen-bond donors (Lipinski definition) is 5. The molecule has 0 unspecified atom stereocenters. The van der Waals surface area contributed by atoms with Gasteiger partial charge in [0.2, 0.25) is 5.95 Å². The fourth-order valence-corrected chi connectivity index (χ4v) is 3.11. The van der Waals surface area contributed by atoms with Gasteiger partial charge in [-0.3, -0.25) is 14.3 Å². The summed E-state index contributed by atoms with van der Waals surface area (Å²) in [6.07, 6.45) is -1.30. The summed E-state index contributed by atoms with van der Waals surface area (Å²) < 4.78 is 7.18. The summed E-state index contributed by atoms with van der Waals surface area (Å²) in [4.78, 5) is 22.3. The van der Waals surface area contributed by atoms with E-state index >= 15 is 0 Å². The molecule has 10 nitrogen and oxygen atoms in total. The van der Waals surface area contributed by atoms with Crippen molar-refractivity contribution in [2.75, 3.05) is 12.3 Å². The number of imidazole rings is 1. The van der Waals surface area contributed by atoms with Crippen molar-refractivity contribution in [2.24, 2.45) is 0 Å². The molecule has 0 aliphatic carbocycles. The second kappa shape index (κ2) is 5.57. The van der Waals surface area contributed by atoms with E-state index in [1.54, 1.807) is 0 Å². The largest absolute Gasteiger partial charge is 0.394 e. The first-order chi connectivity index (χ1) is 10.9. The summed E-state index contributed by atoms with van der Waals surface area (Å²) in [5, 5.41) is 30.0. The number of ether oxygens (including phenoxy) is 1. The third kappa shape index (κ3) is 2.22. The molecule has 6 N–H and O–H groups in total. The Balaban J connectivity index is 2.22. The zero-order valence-corrected chi connectivity index (χ0v) is 12.5. The highest BCUT2D eigenvalue weighted by Crippen LogP contribution is 2.40. The van der Waals surface area contributed by atoms with Crippen LogP contribution in [0.3, 0.4) is 0 Å². The summed E-state index contributed by atoms with van der Waals surface area (Å²) >= 11 is 0. The Labute approximate surface area is 130 Å². The molecule has 126 valence electrons. The number of aromatic amines is 1. The van der Waals surface area contributed by atoms with Crippen molar-refractivity contribution in [3.05, 3.63) is 16.7 Å². The van der Waals surface area contributed by atoms with Crippen LogP contribution < -0.4 is 11.3 Å². The van der Waals surface area contributed by atoms with Gasteiger partial charge in [-0.15, -0.1) is 0 Å².